The van der Waals surface area contributed by atoms with E-state index in [0.717, 1.165) is 23.1 Å². The van der Waals surface area contributed by atoms with Crippen LogP contribution in [-0.4, -0.2) is 0 Å². The van der Waals surface area contributed by atoms with Gasteiger partial charge in [0, 0.05) is 22.3 Å². The van der Waals surface area contributed by atoms with E-state index in [1.807, 2.05) is 30.3 Å². The summed E-state index contributed by atoms with van der Waals surface area (Å²) in [6.07, 6.45) is 6.30. The Morgan fingerprint density at radius 1 is 0.633 bits per heavy atom. The Morgan fingerprint density at radius 3 is 1.67 bits per heavy atom. The van der Waals surface area contributed by atoms with Gasteiger partial charge in [-0.2, -0.15) is 0 Å². The standard InChI is InChI=1S/C29H27F/c1-3-4-5-6-7-24-10-12-25(13-11-24)14-15-26-16-18-27(19-17-26)20-21-28-9-8-23(2)29(30)22-28/h8-13,16-19,22H,3-7H2,1-2H3. The van der Waals surface area contributed by atoms with Crippen molar-refractivity contribution in [1.29, 1.82) is 0 Å². The average molecular weight is 395 g/mol. The van der Waals surface area contributed by atoms with Gasteiger partial charge in [-0.15, -0.1) is 0 Å². The van der Waals surface area contributed by atoms with E-state index in [1.165, 1.54) is 37.3 Å². The molecule has 0 fully saturated rings. The number of aryl methyl sites for hydroxylation is 2. The molecule has 0 bridgehead atoms. The molecule has 0 aliphatic heterocycles. The van der Waals surface area contributed by atoms with Gasteiger partial charge in [0.25, 0.3) is 0 Å². The van der Waals surface area contributed by atoms with Gasteiger partial charge in [0.1, 0.15) is 5.82 Å². The van der Waals surface area contributed by atoms with Gasteiger partial charge in [0.05, 0.1) is 0 Å². The summed E-state index contributed by atoms with van der Waals surface area (Å²) in [6.45, 7) is 3.98. The number of hydrogen-bond donors (Lipinski definition) is 0. The summed E-state index contributed by atoms with van der Waals surface area (Å²) in [5.41, 5.74) is 5.55. The van der Waals surface area contributed by atoms with E-state index < -0.39 is 0 Å². The van der Waals surface area contributed by atoms with Crippen LogP contribution in [0.4, 0.5) is 4.39 Å². The van der Waals surface area contributed by atoms with Crippen LogP contribution < -0.4 is 0 Å². The monoisotopic (exact) mass is 394 g/mol. The first-order valence-electron chi connectivity index (χ1n) is 10.6. The van der Waals surface area contributed by atoms with Gasteiger partial charge in [0.15, 0.2) is 0 Å². The second-order valence-corrected chi connectivity index (χ2v) is 7.55. The first-order chi connectivity index (χ1) is 14.6. The molecule has 0 nitrogen and oxygen atoms in total. The van der Waals surface area contributed by atoms with E-state index in [0.29, 0.717) is 11.1 Å². The normalized spacial score (nSPS) is 9.97. The molecule has 0 aliphatic carbocycles. The minimum absolute atomic E-state index is 0.225. The molecule has 0 heterocycles. The number of unbranched alkanes of at least 4 members (excludes halogenated alkanes) is 3. The molecular formula is C29H27F. The first kappa shape index (κ1) is 21.4. The molecule has 150 valence electrons. The lowest BCUT2D eigenvalue weighted by molar-refractivity contribution is 0.618. The van der Waals surface area contributed by atoms with Gasteiger partial charge in [-0.1, -0.05) is 68.1 Å². The summed E-state index contributed by atoms with van der Waals surface area (Å²) in [5.74, 6) is 12.3. The highest BCUT2D eigenvalue weighted by molar-refractivity contribution is 5.48. The Morgan fingerprint density at radius 2 is 1.13 bits per heavy atom. The minimum Gasteiger partial charge on any atom is -0.207 e. The maximum atomic E-state index is 13.6. The fourth-order valence-corrected chi connectivity index (χ4v) is 3.11. The molecule has 0 atom stereocenters. The van der Waals surface area contributed by atoms with E-state index in [9.17, 15) is 4.39 Å². The number of benzene rings is 3. The van der Waals surface area contributed by atoms with Crippen molar-refractivity contribution in [2.45, 2.75) is 46.0 Å². The third-order valence-electron chi connectivity index (χ3n) is 5.03. The summed E-state index contributed by atoms with van der Waals surface area (Å²) >= 11 is 0. The van der Waals surface area contributed by atoms with Crippen LogP contribution in [0.3, 0.4) is 0 Å². The quantitative estimate of drug-likeness (QED) is 0.321. The number of hydrogen-bond acceptors (Lipinski definition) is 0. The van der Waals surface area contributed by atoms with Crippen molar-refractivity contribution in [3.8, 4) is 23.7 Å². The van der Waals surface area contributed by atoms with E-state index in [1.54, 1.807) is 13.0 Å². The van der Waals surface area contributed by atoms with Gasteiger partial charge in [-0.05, 0) is 79.4 Å². The molecule has 0 saturated heterocycles. The minimum atomic E-state index is -0.225. The molecule has 0 aromatic heterocycles. The Kier molecular flexibility index (Phi) is 7.88. The molecule has 3 aromatic carbocycles. The Balaban J connectivity index is 1.59. The second-order valence-electron chi connectivity index (χ2n) is 7.55. The van der Waals surface area contributed by atoms with Gasteiger partial charge in [-0.25, -0.2) is 4.39 Å². The zero-order valence-corrected chi connectivity index (χ0v) is 17.8. The Labute approximate surface area is 180 Å². The Hall–Kier alpha value is -3.29. The smallest absolute Gasteiger partial charge is 0.127 e. The van der Waals surface area contributed by atoms with Crippen LogP contribution in [0.15, 0.2) is 66.7 Å². The number of halogens is 1. The molecule has 3 rings (SSSR count). The fourth-order valence-electron chi connectivity index (χ4n) is 3.11. The average Bonchev–Trinajstić information content (AvgIpc) is 2.77. The highest BCUT2D eigenvalue weighted by Gasteiger charge is 1.97. The summed E-state index contributed by atoms with van der Waals surface area (Å²) in [4.78, 5) is 0. The highest BCUT2D eigenvalue weighted by Crippen LogP contribution is 2.11. The van der Waals surface area contributed by atoms with Crippen molar-refractivity contribution in [2.24, 2.45) is 0 Å². The lowest BCUT2D eigenvalue weighted by Crippen LogP contribution is -1.86. The lowest BCUT2D eigenvalue weighted by Gasteiger charge is -2.01. The largest absolute Gasteiger partial charge is 0.207 e. The van der Waals surface area contributed by atoms with E-state index in [4.69, 9.17) is 0 Å². The van der Waals surface area contributed by atoms with Crippen LogP contribution >= 0.6 is 0 Å². The first-order valence-corrected chi connectivity index (χ1v) is 10.6. The van der Waals surface area contributed by atoms with Crippen LogP contribution in [0.5, 0.6) is 0 Å². The summed E-state index contributed by atoms with van der Waals surface area (Å²) in [6, 6.07) is 21.4. The molecule has 0 amide bonds. The third kappa shape index (κ3) is 6.65. The third-order valence-corrected chi connectivity index (χ3v) is 5.03. The van der Waals surface area contributed by atoms with Crippen LogP contribution in [0.25, 0.3) is 0 Å². The van der Waals surface area contributed by atoms with Crippen molar-refractivity contribution in [2.75, 3.05) is 0 Å². The molecular weight excluding hydrogens is 367 g/mol. The van der Waals surface area contributed by atoms with Crippen molar-refractivity contribution in [3.05, 3.63) is 106 Å². The molecule has 0 aliphatic rings. The predicted molar refractivity (Wildman–Crippen MR) is 124 cm³/mol. The molecule has 0 unspecified atom stereocenters. The molecule has 30 heavy (non-hydrogen) atoms. The van der Waals surface area contributed by atoms with Crippen LogP contribution in [-0.2, 0) is 6.42 Å². The van der Waals surface area contributed by atoms with Gasteiger partial charge < -0.3 is 0 Å². The van der Waals surface area contributed by atoms with Crippen molar-refractivity contribution >= 4 is 0 Å². The maximum absolute atomic E-state index is 13.6. The lowest BCUT2D eigenvalue weighted by atomic mass is 10.0. The predicted octanol–water partition coefficient (Wildman–Crippen LogP) is 7.06. The van der Waals surface area contributed by atoms with Crippen molar-refractivity contribution < 1.29 is 4.39 Å². The molecule has 0 N–H and O–H groups in total. The van der Waals surface area contributed by atoms with E-state index in [-0.39, 0.29) is 5.82 Å². The number of rotatable bonds is 5. The van der Waals surface area contributed by atoms with E-state index >= 15 is 0 Å². The van der Waals surface area contributed by atoms with Gasteiger partial charge in [-0.3, -0.25) is 0 Å². The zero-order chi connectivity index (χ0) is 21.2. The van der Waals surface area contributed by atoms with Crippen LogP contribution in [0, 0.1) is 36.4 Å². The van der Waals surface area contributed by atoms with Gasteiger partial charge >= 0.3 is 0 Å². The molecule has 0 radical (unpaired) electrons. The molecule has 3 aromatic rings. The van der Waals surface area contributed by atoms with E-state index in [2.05, 4.69) is 54.9 Å². The van der Waals surface area contributed by atoms with Crippen molar-refractivity contribution in [1.82, 2.24) is 0 Å². The Bertz CT molecular complexity index is 1080. The molecule has 1 heteroatoms. The van der Waals surface area contributed by atoms with Gasteiger partial charge in [0.2, 0.25) is 0 Å². The maximum Gasteiger partial charge on any atom is 0.127 e. The summed E-state index contributed by atoms with van der Waals surface area (Å²) in [5, 5.41) is 0. The fraction of sp³-hybridized carbons (Fsp3) is 0.241. The second kappa shape index (κ2) is 11.0. The topological polar surface area (TPSA) is 0 Å². The summed E-state index contributed by atoms with van der Waals surface area (Å²) in [7, 11) is 0. The van der Waals surface area contributed by atoms with Crippen LogP contribution in [0.1, 0.15) is 66.0 Å². The molecule has 0 saturated carbocycles. The molecule has 0 spiro atoms. The summed E-state index contributed by atoms with van der Waals surface area (Å²) < 4.78 is 13.6. The van der Waals surface area contributed by atoms with Crippen molar-refractivity contribution in [3.63, 3.8) is 0 Å². The highest BCUT2D eigenvalue weighted by atomic mass is 19.1. The van der Waals surface area contributed by atoms with Crippen LogP contribution in [0.2, 0.25) is 0 Å². The SMILES string of the molecule is CCCCCCc1ccc(C#Cc2ccc(C#Cc3ccc(C)c(F)c3)cc2)cc1. The zero-order valence-electron chi connectivity index (χ0n) is 17.8.